The van der Waals surface area contributed by atoms with Crippen molar-refractivity contribution in [2.24, 2.45) is 0 Å². The lowest BCUT2D eigenvalue weighted by Gasteiger charge is -2.26. The van der Waals surface area contributed by atoms with E-state index in [1.54, 1.807) is 0 Å². The van der Waals surface area contributed by atoms with Gasteiger partial charge in [0.2, 0.25) is 0 Å². The van der Waals surface area contributed by atoms with Crippen molar-refractivity contribution >= 4 is 17.9 Å². The lowest BCUT2D eigenvalue weighted by Crippen LogP contribution is -2.44. The van der Waals surface area contributed by atoms with Gasteiger partial charge in [-0.2, -0.15) is 0 Å². The molecule has 86 heavy (non-hydrogen) atoms. The number of esters is 2. The molecule has 0 bridgehead atoms. The lowest BCUT2D eigenvalue weighted by molar-refractivity contribution is -0.870. The highest BCUT2D eigenvalue weighted by molar-refractivity contribution is 5.70. The van der Waals surface area contributed by atoms with Crippen LogP contribution in [0.25, 0.3) is 0 Å². The molecule has 0 saturated carbocycles. The summed E-state index contributed by atoms with van der Waals surface area (Å²) >= 11 is 0. The molecule has 0 N–H and O–H groups in total. The van der Waals surface area contributed by atoms with Crippen molar-refractivity contribution < 1.29 is 42.9 Å². The van der Waals surface area contributed by atoms with Gasteiger partial charge in [0, 0.05) is 12.8 Å². The number of likely N-dealkylation sites (N-methyl/N-ethyl adjacent to an activating group) is 1. The summed E-state index contributed by atoms with van der Waals surface area (Å²) in [7, 11) is 5.96. The van der Waals surface area contributed by atoms with Gasteiger partial charge < -0.3 is 33.3 Å². The molecule has 0 heterocycles. The third-order valence-electron chi connectivity index (χ3n) is 18.1. The van der Waals surface area contributed by atoms with Gasteiger partial charge in [-0.1, -0.05) is 393 Å². The highest BCUT2D eigenvalue weighted by Crippen LogP contribution is 2.20. The summed E-state index contributed by atoms with van der Waals surface area (Å²) in [6.07, 6.45) is 80.8. The van der Waals surface area contributed by atoms with E-state index in [1.807, 2.05) is 21.1 Å². The van der Waals surface area contributed by atoms with Gasteiger partial charge in [-0.05, 0) is 12.8 Å². The molecular formula is C77H151NO8. The van der Waals surface area contributed by atoms with E-state index in [-0.39, 0.29) is 32.2 Å². The summed E-state index contributed by atoms with van der Waals surface area (Å²) in [5.74, 6) is -2.24. The van der Waals surface area contributed by atoms with E-state index >= 15 is 0 Å². The minimum atomic E-state index is -1.62. The number of unbranched alkanes of at least 4 members (excludes halogenated alkanes) is 59. The zero-order chi connectivity index (χ0) is 62.6. The van der Waals surface area contributed by atoms with Crippen molar-refractivity contribution in [1.29, 1.82) is 0 Å². The molecule has 0 spiro atoms. The van der Waals surface area contributed by atoms with E-state index in [0.29, 0.717) is 17.4 Å². The number of aliphatic carboxylic acids is 1. The zero-order valence-corrected chi connectivity index (χ0v) is 58.7. The van der Waals surface area contributed by atoms with Gasteiger partial charge in [-0.15, -0.1) is 0 Å². The number of carboxylic acid groups (broad SMARTS) is 1. The van der Waals surface area contributed by atoms with Gasteiger partial charge in [0.25, 0.3) is 0 Å². The van der Waals surface area contributed by atoms with Crippen molar-refractivity contribution in [3.63, 3.8) is 0 Å². The standard InChI is InChI=1S/C77H151NO8/c1-6-8-10-12-14-16-18-20-22-24-26-28-30-32-34-35-36-37-38-39-40-42-44-46-48-50-52-54-56-58-60-62-64-66-68-75(80)86-73(72-85-77(76(81)82)83-70-69-78(3,4)5)71-84-74(79)67-65-63-61-59-57-55-53-51-49-47-45-43-41-33-31-29-27-25-23-21-19-17-15-13-11-9-7-2/h73,77H,6-72H2,1-5H3. The third-order valence-corrected chi connectivity index (χ3v) is 18.1. The van der Waals surface area contributed by atoms with Crippen LogP contribution in [0.3, 0.4) is 0 Å². The molecule has 0 amide bonds. The van der Waals surface area contributed by atoms with Crippen LogP contribution in [0.4, 0.5) is 0 Å². The molecule has 0 aliphatic heterocycles. The van der Waals surface area contributed by atoms with Gasteiger partial charge in [-0.25, -0.2) is 0 Å². The number of hydrogen-bond donors (Lipinski definition) is 0. The Kier molecular flexibility index (Phi) is 67.8. The molecule has 0 aromatic heterocycles. The molecule has 0 rings (SSSR count). The molecule has 0 saturated heterocycles. The number of quaternary nitrogens is 1. The van der Waals surface area contributed by atoms with Gasteiger partial charge in [-0.3, -0.25) is 9.59 Å². The Labute approximate surface area is 536 Å². The van der Waals surface area contributed by atoms with Crippen molar-refractivity contribution in [1.82, 2.24) is 0 Å². The molecule has 0 aromatic rings. The SMILES string of the molecule is CCCCCCCCCCCCCCCCCCCCCCCCCCCCCCCCCCCCC(=O)OC(COC(=O)CCCCCCCCCCCCCCCCCCCCCCCCCCCCC)COC(OCC[N+](C)(C)C)C(=O)[O-]. The second kappa shape index (κ2) is 69.2. The fourth-order valence-corrected chi connectivity index (χ4v) is 12.2. The molecular weight excluding hydrogens is 1070 g/mol. The predicted octanol–water partition coefficient (Wildman–Crippen LogP) is 22.9. The fraction of sp³-hybridized carbons (Fsp3) is 0.961. The Morgan fingerprint density at radius 2 is 0.523 bits per heavy atom. The highest BCUT2D eigenvalue weighted by atomic mass is 16.7. The van der Waals surface area contributed by atoms with E-state index in [1.165, 1.54) is 353 Å². The van der Waals surface area contributed by atoms with Crippen LogP contribution in [0.1, 0.15) is 418 Å². The van der Waals surface area contributed by atoms with Crippen LogP contribution in [0.2, 0.25) is 0 Å². The summed E-state index contributed by atoms with van der Waals surface area (Å²) in [5, 5.41) is 11.8. The van der Waals surface area contributed by atoms with Crippen molar-refractivity contribution in [3.8, 4) is 0 Å². The maximum Gasteiger partial charge on any atom is 0.306 e. The van der Waals surface area contributed by atoms with Crippen molar-refractivity contribution in [2.45, 2.75) is 431 Å². The van der Waals surface area contributed by atoms with Gasteiger partial charge in [0.05, 0.1) is 40.3 Å². The van der Waals surface area contributed by atoms with E-state index < -0.39 is 24.3 Å². The normalized spacial score (nSPS) is 12.5. The summed E-state index contributed by atoms with van der Waals surface area (Å²) < 4.78 is 22.9. The van der Waals surface area contributed by atoms with E-state index in [2.05, 4.69) is 13.8 Å². The summed E-state index contributed by atoms with van der Waals surface area (Å²) in [6.45, 7) is 4.85. The number of carbonyl (C=O) groups is 3. The quantitative estimate of drug-likeness (QED) is 0.0256. The minimum absolute atomic E-state index is 0.154. The summed E-state index contributed by atoms with van der Waals surface area (Å²) in [4.78, 5) is 37.5. The van der Waals surface area contributed by atoms with Crippen molar-refractivity contribution in [2.75, 3.05) is 47.5 Å². The van der Waals surface area contributed by atoms with Crippen LogP contribution in [0.15, 0.2) is 0 Å². The van der Waals surface area contributed by atoms with Crippen LogP contribution in [-0.4, -0.2) is 82.3 Å². The predicted molar refractivity (Wildman–Crippen MR) is 367 cm³/mol. The number of nitrogens with zero attached hydrogens (tertiary/aromatic N) is 1. The first-order chi connectivity index (χ1) is 42.1. The van der Waals surface area contributed by atoms with Gasteiger partial charge in [0.1, 0.15) is 13.2 Å². The van der Waals surface area contributed by atoms with Crippen LogP contribution < -0.4 is 5.11 Å². The Morgan fingerprint density at radius 3 is 0.744 bits per heavy atom. The first-order valence-electron chi connectivity index (χ1n) is 38.7. The van der Waals surface area contributed by atoms with Crippen LogP contribution in [0, 0.1) is 0 Å². The fourth-order valence-electron chi connectivity index (χ4n) is 12.2. The number of carboxylic acids is 1. The number of carbonyl (C=O) groups excluding carboxylic acids is 3. The second-order valence-corrected chi connectivity index (χ2v) is 28.0. The third kappa shape index (κ3) is 69.8. The molecule has 0 aromatic carbocycles. The Hall–Kier alpha value is -1.71. The Balaban J connectivity index is 3.97. The number of ether oxygens (including phenoxy) is 4. The average molecular weight is 1220 g/mol. The molecule has 0 aliphatic carbocycles. The molecule has 0 fully saturated rings. The first-order valence-corrected chi connectivity index (χ1v) is 38.7. The van der Waals surface area contributed by atoms with Crippen molar-refractivity contribution in [3.05, 3.63) is 0 Å². The van der Waals surface area contributed by atoms with Gasteiger partial charge >= 0.3 is 11.9 Å². The molecule has 0 aliphatic rings. The van der Waals surface area contributed by atoms with E-state index in [9.17, 15) is 19.5 Å². The minimum Gasteiger partial charge on any atom is -0.545 e. The number of rotatable bonds is 74. The lowest BCUT2D eigenvalue weighted by atomic mass is 10.0. The molecule has 2 unspecified atom stereocenters. The zero-order valence-electron chi connectivity index (χ0n) is 58.7. The second-order valence-electron chi connectivity index (χ2n) is 28.0. The van der Waals surface area contributed by atoms with E-state index in [0.717, 1.165) is 38.5 Å². The Morgan fingerprint density at radius 1 is 0.302 bits per heavy atom. The molecule has 9 heteroatoms. The monoisotopic (exact) mass is 1220 g/mol. The molecule has 0 radical (unpaired) electrons. The van der Waals surface area contributed by atoms with Crippen LogP contribution in [-0.2, 0) is 33.3 Å². The summed E-state index contributed by atoms with van der Waals surface area (Å²) in [5.41, 5.74) is 0. The largest absolute Gasteiger partial charge is 0.545 e. The molecule has 512 valence electrons. The molecule has 2 atom stereocenters. The maximum atomic E-state index is 13.0. The maximum absolute atomic E-state index is 13.0. The number of hydrogen-bond acceptors (Lipinski definition) is 8. The first kappa shape index (κ1) is 84.3. The van der Waals surface area contributed by atoms with E-state index in [4.69, 9.17) is 18.9 Å². The average Bonchev–Trinajstić information content (AvgIpc) is 3.64. The smallest absolute Gasteiger partial charge is 0.306 e. The van der Waals surface area contributed by atoms with Crippen LogP contribution in [0.5, 0.6) is 0 Å². The topological polar surface area (TPSA) is 111 Å². The Bertz CT molecular complexity index is 1370. The van der Waals surface area contributed by atoms with Gasteiger partial charge in [0.15, 0.2) is 12.4 Å². The summed E-state index contributed by atoms with van der Waals surface area (Å²) in [6, 6.07) is 0. The molecule has 9 nitrogen and oxygen atoms in total. The van der Waals surface area contributed by atoms with Crippen LogP contribution >= 0.6 is 0 Å². The highest BCUT2D eigenvalue weighted by Gasteiger charge is 2.22.